The minimum atomic E-state index is -3.61. The zero-order chi connectivity index (χ0) is 15.4. The quantitative estimate of drug-likeness (QED) is 0.850. The molecule has 0 saturated heterocycles. The second kappa shape index (κ2) is 4.95. The van der Waals surface area contributed by atoms with E-state index in [4.69, 9.17) is 5.73 Å². The van der Waals surface area contributed by atoms with Crippen molar-refractivity contribution in [3.63, 3.8) is 0 Å². The molecule has 2 fully saturated rings. The molecule has 3 rings (SSSR count). The molecule has 0 heterocycles. The maximum Gasteiger partial charge on any atom is 0.243 e. The summed E-state index contributed by atoms with van der Waals surface area (Å²) in [4.78, 5) is 0.189. The third-order valence-electron chi connectivity index (χ3n) is 4.36. The van der Waals surface area contributed by atoms with E-state index in [1.54, 1.807) is 18.2 Å². The predicted molar refractivity (Wildman–Crippen MR) is 79.9 cm³/mol. The van der Waals surface area contributed by atoms with Crippen LogP contribution in [-0.4, -0.2) is 25.3 Å². The maximum atomic E-state index is 13.7. The van der Waals surface area contributed by atoms with Gasteiger partial charge < -0.3 is 5.73 Å². The summed E-state index contributed by atoms with van der Waals surface area (Å²) in [6, 6.07) is 1.33. The molecule has 0 spiro atoms. The Kier molecular flexibility index (Phi) is 3.48. The van der Waals surface area contributed by atoms with Gasteiger partial charge in [0.25, 0.3) is 0 Å². The van der Waals surface area contributed by atoms with Crippen LogP contribution in [0.4, 0.5) is 10.1 Å². The van der Waals surface area contributed by atoms with Crippen molar-refractivity contribution in [3.8, 4) is 0 Å². The van der Waals surface area contributed by atoms with E-state index in [9.17, 15) is 12.8 Å². The van der Waals surface area contributed by atoms with Crippen LogP contribution in [0.5, 0.6) is 0 Å². The summed E-state index contributed by atoms with van der Waals surface area (Å²) < 4.78 is 41.4. The first kappa shape index (κ1) is 14.8. The van der Waals surface area contributed by atoms with E-state index in [0.717, 1.165) is 25.7 Å². The standard InChI is InChI=1S/C15H21FN2O2S/c1-9-7-13(16)14(17)10(2)15(9)21(19,20)18(12-5-6-12)8-11-3-4-11/h7,11-12H,3-6,8,17H2,1-2H3. The van der Waals surface area contributed by atoms with Gasteiger partial charge in [-0.2, -0.15) is 4.31 Å². The molecular weight excluding hydrogens is 291 g/mol. The van der Waals surface area contributed by atoms with Gasteiger partial charge in [-0.15, -0.1) is 0 Å². The summed E-state index contributed by atoms with van der Waals surface area (Å²) in [6.07, 6.45) is 4.03. The molecule has 2 saturated carbocycles. The van der Waals surface area contributed by atoms with Gasteiger partial charge in [0, 0.05) is 12.6 Å². The number of hydrogen-bond acceptors (Lipinski definition) is 3. The fourth-order valence-corrected chi connectivity index (χ4v) is 5.01. The van der Waals surface area contributed by atoms with Crippen LogP contribution in [0.15, 0.2) is 11.0 Å². The Morgan fingerprint density at radius 2 is 1.90 bits per heavy atom. The van der Waals surface area contributed by atoms with Gasteiger partial charge in [-0.3, -0.25) is 0 Å². The topological polar surface area (TPSA) is 63.4 Å². The van der Waals surface area contributed by atoms with E-state index in [1.165, 1.54) is 6.07 Å². The number of halogens is 1. The van der Waals surface area contributed by atoms with Gasteiger partial charge in [0.05, 0.1) is 10.6 Å². The number of nitrogen functional groups attached to an aromatic ring is 1. The summed E-state index contributed by atoms with van der Waals surface area (Å²) >= 11 is 0. The lowest BCUT2D eigenvalue weighted by atomic mass is 10.1. The highest BCUT2D eigenvalue weighted by atomic mass is 32.2. The molecule has 116 valence electrons. The molecule has 6 heteroatoms. The monoisotopic (exact) mass is 312 g/mol. The van der Waals surface area contributed by atoms with Gasteiger partial charge in [-0.25, -0.2) is 12.8 Å². The number of hydrogen-bond donors (Lipinski definition) is 1. The van der Waals surface area contributed by atoms with Crippen LogP contribution < -0.4 is 5.73 Å². The number of aryl methyl sites for hydroxylation is 1. The summed E-state index contributed by atoms with van der Waals surface area (Å²) in [5, 5.41) is 0. The van der Waals surface area contributed by atoms with Crippen molar-refractivity contribution in [2.75, 3.05) is 12.3 Å². The molecule has 2 aliphatic rings. The van der Waals surface area contributed by atoms with E-state index < -0.39 is 15.8 Å². The molecule has 0 aromatic heterocycles. The van der Waals surface area contributed by atoms with Crippen molar-refractivity contribution >= 4 is 15.7 Å². The van der Waals surface area contributed by atoms with Crippen molar-refractivity contribution < 1.29 is 12.8 Å². The fraction of sp³-hybridized carbons (Fsp3) is 0.600. The predicted octanol–water partition coefficient (Wildman–Crippen LogP) is 2.59. The number of benzene rings is 1. The Morgan fingerprint density at radius 3 is 2.43 bits per heavy atom. The Bertz CT molecular complexity index is 679. The lowest BCUT2D eigenvalue weighted by Gasteiger charge is -2.24. The van der Waals surface area contributed by atoms with Crippen LogP contribution in [0.1, 0.15) is 36.8 Å². The van der Waals surface area contributed by atoms with Gasteiger partial charge in [0.1, 0.15) is 5.82 Å². The molecule has 0 aliphatic heterocycles. The number of sulfonamides is 1. The maximum absolute atomic E-state index is 13.7. The normalized spacial score (nSPS) is 19.2. The zero-order valence-corrected chi connectivity index (χ0v) is 13.2. The van der Waals surface area contributed by atoms with E-state index >= 15 is 0 Å². The van der Waals surface area contributed by atoms with Crippen LogP contribution in [-0.2, 0) is 10.0 Å². The molecule has 21 heavy (non-hydrogen) atoms. The van der Waals surface area contributed by atoms with Crippen LogP contribution in [0.25, 0.3) is 0 Å². The first-order valence-corrected chi connectivity index (χ1v) is 8.83. The van der Waals surface area contributed by atoms with Gasteiger partial charge in [0.2, 0.25) is 10.0 Å². The highest BCUT2D eigenvalue weighted by Crippen LogP contribution is 2.40. The van der Waals surface area contributed by atoms with Crippen LogP contribution in [0.3, 0.4) is 0 Å². The molecular formula is C15H21FN2O2S. The Labute approximate surface area is 125 Å². The van der Waals surface area contributed by atoms with Crippen LogP contribution >= 0.6 is 0 Å². The number of nitrogens with two attached hydrogens (primary N) is 1. The largest absolute Gasteiger partial charge is 0.396 e. The first-order chi connectivity index (χ1) is 9.82. The van der Waals surface area contributed by atoms with Gasteiger partial charge >= 0.3 is 0 Å². The second-order valence-corrected chi connectivity index (χ2v) is 8.12. The Balaban J connectivity index is 2.06. The molecule has 4 nitrogen and oxygen atoms in total. The van der Waals surface area contributed by atoms with E-state index in [0.29, 0.717) is 23.6 Å². The smallest absolute Gasteiger partial charge is 0.243 e. The zero-order valence-electron chi connectivity index (χ0n) is 12.4. The second-order valence-electron chi connectivity index (χ2n) is 6.29. The minimum absolute atomic E-state index is 0.0682. The molecule has 0 amide bonds. The van der Waals surface area contributed by atoms with Crippen molar-refractivity contribution in [3.05, 3.63) is 23.0 Å². The van der Waals surface area contributed by atoms with Gasteiger partial charge in [-0.05, 0) is 62.6 Å². The van der Waals surface area contributed by atoms with Gasteiger partial charge in [0.15, 0.2) is 0 Å². The molecule has 0 atom stereocenters. The molecule has 2 aliphatic carbocycles. The SMILES string of the molecule is Cc1cc(F)c(N)c(C)c1S(=O)(=O)N(CC1CC1)C1CC1. The summed E-state index contributed by atoms with van der Waals surface area (Å²) in [7, 11) is -3.61. The summed E-state index contributed by atoms with van der Waals surface area (Å²) in [6.45, 7) is 3.80. The van der Waals surface area contributed by atoms with Crippen molar-refractivity contribution in [2.45, 2.75) is 50.5 Å². The van der Waals surface area contributed by atoms with Gasteiger partial charge in [-0.1, -0.05) is 0 Å². The average molecular weight is 312 g/mol. The highest BCUT2D eigenvalue weighted by Gasteiger charge is 2.42. The fourth-order valence-electron chi connectivity index (χ4n) is 2.81. The molecule has 2 N–H and O–H groups in total. The average Bonchev–Trinajstić information content (AvgIpc) is 3.24. The molecule has 0 bridgehead atoms. The minimum Gasteiger partial charge on any atom is -0.396 e. The lowest BCUT2D eigenvalue weighted by Crippen LogP contribution is -2.36. The van der Waals surface area contributed by atoms with Crippen molar-refractivity contribution in [2.24, 2.45) is 5.92 Å². The highest BCUT2D eigenvalue weighted by molar-refractivity contribution is 7.89. The summed E-state index contributed by atoms with van der Waals surface area (Å²) in [5.74, 6) is -0.0668. The molecule has 0 radical (unpaired) electrons. The first-order valence-electron chi connectivity index (χ1n) is 7.39. The van der Waals surface area contributed by atoms with E-state index in [-0.39, 0.29) is 16.6 Å². The van der Waals surface area contributed by atoms with Crippen LogP contribution in [0, 0.1) is 25.6 Å². The Morgan fingerprint density at radius 1 is 1.29 bits per heavy atom. The molecule has 1 aromatic rings. The van der Waals surface area contributed by atoms with E-state index in [2.05, 4.69) is 0 Å². The van der Waals surface area contributed by atoms with Crippen molar-refractivity contribution in [1.29, 1.82) is 0 Å². The third-order valence-corrected chi connectivity index (χ3v) is 6.57. The number of rotatable bonds is 5. The number of anilines is 1. The van der Waals surface area contributed by atoms with Crippen LogP contribution in [0.2, 0.25) is 0 Å². The Hall–Kier alpha value is -1.14. The lowest BCUT2D eigenvalue weighted by molar-refractivity contribution is 0.388. The molecule has 0 unspecified atom stereocenters. The summed E-state index contributed by atoms with van der Waals surface area (Å²) in [5.41, 5.74) is 6.39. The number of nitrogens with zero attached hydrogens (tertiary/aromatic N) is 1. The van der Waals surface area contributed by atoms with Crippen molar-refractivity contribution in [1.82, 2.24) is 4.31 Å². The molecule has 1 aromatic carbocycles. The third kappa shape index (κ3) is 2.66. The van der Waals surface area contributed by atoms with E-state index in [1.807, 2.05) is 0 Å².